The van der Waals surface area contributed by atoms with Crippen LogP contribution in [0.15, 0.2) is 22.8 Å². The third-order valence-electron chi connectivity index (χ3n) is 3.02. The maximum atomic E-state index is 11.2. The highest BCUT2D eigenvalue weighted by Gasteiger charge is 2.22. The Morgan fingerprint density at radius 1 is 1.44 bits per heavy atom. The fourth-order valence-corrected chi connectivity index (χ4v) is 2.95. The Bertz CT molecular complexity index is 801. The summed E-state index contributed by atoms with van der Waals surface area (Å²) >= 11 is 3.35. The molecule has 3 aromatic rings. The molecule has 0 aliphatic carbocycles. The van der Waals surface area contributed by atoms with Gasteiger partial charge in [-0.3, -0.25) is 4.40 Å². The number of carboxylic acids is 1. The molecule has 2 aromatic heterocycles. The van der Waals surface area contributed by atoms with Crippen LogP contribution in [0.25, 0.3) is 16.8 Å². The van der Waals surface area contributed by atoms with Crippen LogP contribution in [-0.4, -0.2) is 25.0 Å². The lowest BCUT2D eigenvalue weighted by Gasteiger charge is -1.97. The maximum absolute atomic E-state index is 11.2. The van der Waals surface area contributed by atoms with Crippen LogP contribution >= 0.6 is 15.9 Å². The highest BCUT2D eigenvalue weighted by Crippen LogP contribution is 2.27. The van der Waals surface area contributed by atoms with E-state index in [1.54, 1.807) is 11.6 Å². The second-order valence-corrected chi connectivity index (χ2v) is 4.99. The summed E-state index contributed by atoms with van der Waals surface area (Å²) in [5.41, 5.74) is 3.06. The second kappa shape index (κ2) is 3.58. The highest BCUT2D eigenvalue weighted by atomic mass is 79.9. The lowest BCUT2D eigenvalue weighted by molar-refractivity contribution is 0.0685. The van der Waals surface area contributed by atoms with Crippen LogP contribution in [0, 0.1) is 6.92 Å². The number of benzene rings is 1. The number of nitrogens with zero attached hydrogens (tertiary/aromatic N) is 3. The van der Waals surface area contributed by atoms with E-state index >= 15 is 0 Å². The van der Waals surface area contributed by atoms with Gasteiger partial charge in [-0.25, -0.2) is 9.78 Å². The number of hydrogen-bond acceptors (Lipinski definition) is 2. The number of aromatic carboxylic acids is 1. The molecule has 3 rings (SSSR count). The minimum Gasteiger partial charge on any atom is -0.476 e. The topological polar surface area (TPSA) is 59.5 Å². The number of hydrogen-bond donors (Lipinski definition) is 1. The summed E-state index contributed by atoms with van der Waals surface area (Å²) in [5, 5.41) is 9.20. The maximum Gasteiger partial charge on any atom is 0.355 e. The summed E-state index contributed by atoms with van der Waals surface area (Å²) in [7, 11) is 1.70. The summed E-state index contributed by atoms with van der Waals surface area (Å²) in [6.07, 6.45) is 0. The molecule has 1 aromatic carbocycles. The number of carboxylic acid groups (broad SMARTS) is 1. The molecule has 0 aliphatic rings. The van der Waals surface area contributed by atoms with E-state index in [1.807, 2.05) is 29.5 Å². The van der Waals surface area contributed by atoms with Crippen molar-refractivity contribution < 1.29 is 9.90 Å². The lowest BCUT2D eigenvalue weighted by atomic mass is 10.2. The molecule has 6 heteroatoms. The molecule has 5 nitrogen and oxygen atoms in total. The van der Waals surface area contributed by atoms with Crippen molar-refractivity contribution in [2.75, 3.05) is 0 Å². The smallest absolute Gasteiger partial charge is 0.355 e. The molecule has 92 valence electrons. The van der Waals surface area contributed by atoms with Crippen LogP contribution in [0.1, 0.15) is 16.1 Å². The van der Waals surface area contributed by atoms with Crippen LogP contribution in [-0.2, 0) is 7.05 Å². The first-order valence-corrected chi connectivity index (χ1v) is 6.16. The van der Waals surface area contributed by atoms with E-state index in [0.29, 0.717) is 10.4 Å². The Balaban J connectivity index is 2.55. The fraction of sp³-hybridized carbons (Fsp3) is 0.167. The van der Waals surface area contributed by atoms with Crippen LogP contribution in [0.4, 0.5) is 0 Å². The van der Waals surface area contributed by atoms with Gasteiger partial charge in [0.15, 0.2) is 5.69 Å². The summed E-state index contributed by atoms with van der Waals surface area (Å²) < 4.78 is 3.90. The summed E-state index contributed by atoms with van der Waals surface area (Å²) in [6, 6.07) is 5.91. The van der Waals surface area contributed by atoms with Gasteiger partial charge < -0.3 is 9.67 Å². The van der Waals surface area contributed by atoms with Crippen molar-refractivity contribution in [1.29, 1.82) is 0 Å². The number of imidazole rings is 2. The summed E-state index contributed by atoms with van der Waals surface area (Å²) in [6.45, 7) is 1.99. The van der Waals surface area contributed by atoms with E-state index in [0.717, 1.165) is 16.6 Å². The van der Waals surface area contributed by atoms with Crippen molar-refractivity contribution in [3.63, 3.8) is 0 Å². The quantitative estimate of drug-likeness (QED) is 0.752. The number of aryl methyl sites for hydroxylation is 2. The first-order chi connectivity index (χ1) is 8.50. The van der Waals surface area contributed by atoms with Crippen LogP contribution in [0.2, 0.25) is 0 Å². The molecule has 0 aliphatic heterocycles. The van der Waals surface area contributed by atoms with Gasteiger partial charge in [0, 0.05) is 7.05 Å². The normalized spacial score (nSPS) is 11.5. The molecule has 1 N–H and O–H groups in total. The molecule has 0 saturated heterocycles. The zero-order valence-electron chi connectivity index (χ0n) is 9.81. The zero-order valence-corrected chi connectivity index (χ0v) is 11.4. The third kappa shape index (κ3) is 1.32. The van der Waals surface area contributed by atoms with Crippen LogP contribution in [0.5, 0.6) is 0 Å². The number of halogens is 1. The summed E-state index contributed by atoms with van der Waals surface area (Å²) in [4.78, 5) is 15.7. The van der Waals surface area contributed by atoms with E-state index in [-0.39, 0.29) is 5.69 Å². The Hall–Kier alpha value is -1.82. The largest absolute Gasteiger partial charge is 0.476 e. The van der Waals surface area contributed by atoms with Crippen molar-refractivity contribution in [1.82, 2.24) is 14.0 Å². The molecular weight excluding hydrogens is 298 g/mol. The number of rotatable bonds is 1. The molecule has 0 radical (unpaired) electrons. The van der Waals surface area contributed by atoms with Gasteiger partial charge in [-0.2, -0.15) is 0 Å². The summed E-state index contributed by atoms with van der Waals surface area (Å²) in [5.74, 6) is -0.365. The van der Waals surface area contributed by atoms with Crippen LogP contribution in [0.3, 0.4) is 0 Å². The standard InChI is InChI=1S/C12H10BrN3O2/c1-6-3-4-7-8(5-6)16-10(13)9(11(17)18)15(2)12(16)14-7/h3-5H,1-2H3,(H,17,18). The van der Waals surface area contributed by atoms with Gasteiger partial charge in [0.2, 0.25) is 5.78 Å². The van der Waals surface area contributed by atoms with Crippen molar-refractivity contribution in [2.45, 2.75) is 6.92 Å². The van der Waals surface area contributed by atoms with Gasteiger partial charge in [-0.05, 0) is 40.5 Å². The Morgan fingerprint density at radius 2 is 2.17 bits per heavy atom. The van der Waals surface area contributed by atoms with Crippen molar-refractivity contribution in [3.8, 4) is 0 Å². The highest BCUT2D eigenvalue weighted by molar-refractivity contribution is 9.10. The van der Waals surface area contributed by atoms with Crippen LogP contribution < -0.4 is 0 Å². The second-order valence-electron chi connectivity index (χ2n) is 4.24. The average Bonchev–Trinajstić information content (AvgIpc) is 2.76. The lowest BCUT2D eigenvalue weighted by Crippen LogP contribution is -2.05. The van der Waals surface area contributed by atoms with E-state index in [1.165, 1.54) is 0 Å². The molecule has 0 saturated carbocycles. The molecule has 0 spiro atoms. The SMILES string of the molecule is Cc1ccc2nc3n(C)c(C(=O)O)c(Br)n3c2c1. The van der Waals surface area contributed by atoms with Gasteiger partial charge in [0.1, 0.15) is 4.60 Å². The predicted molar refractivity (Wildman–Crippen MR) is 71.1 cm³/mol. The Morgan fingerprint density at radius 3 is 2.83 bits per heavy atom. The molecule has 18 heavy (non-hydrogen) atoms. The van der Waals surface area contributed by atoms with Crippen molar-refractivity contribution in [3.05, 3.63) is 34.1 Å². The predicted octanol–water partition coefficient (Wildman–Crippen LogP) is 2.60. The number of carbonyl (C=O) groups is 1. The fourth-order valence-electron chi connectivity index (χ4n) is 2.17. The molecule has 0 atom stereocenters. The number of fused-ring (bicyclic) bond motifs is 3. The van der Waals surface area contributed by atoms with E-state index in [9.17, 15) is 9.90 Å². The van der Waals surface area contributed by atoms with Crippen molar-refractivity contribution in [2.24, 2.45) is 7.05 Å². The minimum atomic E-state index is -0.976. The first-order valence-electron chi connectivity index (χ1n) is 5.37. The van der Waals surface area contributed by atoms with Gasteiger partial charge in [-0.15, -0.1) is 0 Å². The molecule has 0 fully saturated rings. The Labute approximate surface area is 111 Å². The van der Waals surface area contributed by atoms with Crippen molar-refractivity contribution >= 4 is 38.7 Å². The van der Waals surface area contributed by atoms with Gasteiger partial charge in [-0.1, -0.05) is 6.07 Å². The zero-order chi connectivity index (χ0) is 13.0. The minimum absolute atomic E-state index is 0.195. The molecule has 0 amide bonds. The van der Waals surface area contributed by atoms with E-state index in [4.69, 9.17) is 0 Å². The molecule has 0 bridgehead atoms. The monoisotopic (exact) mass is 307 g/mol. The van der Waals surface area contributed by atoms with E-state index < -0.39 is 5.97 Å². The molecular formula is C12H10BrN3O2. The van der Waals surface area contributed by atoms with Gasteiger partial charge >= 0.3 is 5.97 Å². The number of aromatic nitrogens is 3. The Kier molecular flexibility index (Phi) is 2.25. The first kappa shape index (κ1) is 11.3. The van der Waals surface area contributed by atoms with E-state index in [2.05, 4.69) is 20.9 Å². The molecule has 0 unspecified atom stereocenters. The average molecular weight is 308 g/mol. The third-order valence-corrected chi connectivity index (χ3v) is 3.75. The van der Waals surface area contributed by atoms with Gasteiger partial charge in [0.25, 0.3) is 0 Å². The molecule has 2 heterocycles. The van der Waals surface area contributed by atoms with Gasteiger partial charge in [0.05, 0.1) is 11.0 Å².